The molecule has 0 saturated carbocycles. The number of benzene rings is 1. The Labute approximate surface area is 95.3 Å². The summed E-state index contributed by atoms with van der Waals surface area (Å²) in [6.07, 6.45) is 1.69. The first-order valence-corrected chi connectivity index (χ1v) is 5.51. The van der Waals surface area contributed by atoms with Crippen LogP contribution >= 0.6 is 0 Å². The number of piperidine rings is 1. The lowest BCUT2D eigenvalue weighted by atomic mass is 10.1. The Balaban J connectivity index is 1.98. The molecule has 1 aromatic rings. The lowest BCUT2D eigenvalue weighted by Gasteiger charge is -2.25. The zero-order valence-corrected chi connectivity index (χ0v) is 9.15. The van der Waals surface area contributed by atoms with Crippen molar-refractivity contribution in [2.24, 2.45) is 0 Å². The summed E-state index contributed by atoms with van der Waals surface area (Å²) >= 11 is 0. The number of Topliss-reactive ketones (excluding diaryl/α,β-unsaturated/α-hetero) is 1. The van der Waals surface area contributed by atoms with Crippen molar-refractivity contribution in [1.82, 2.24) is 4.90 Å². The van der Waals surface area contributed by atoms with Crippen LogP contribution in [0.1, 0.15) is 24.0 Å². The highest BCUT2D eigenvalue weighted by Crippen LogP contribution is 2.11. The fourth-order valence-corrected chi connectivity index (χ4v) is 1.99. The standard InChI is InChI=1S/C13H14N2O/c14-8-11-3-5-12(6-4-11)9-15-7-1-2-13(16)10-15/h3-6H,1-2,7,9-10H2. The minimum Gasteiger partial charge on any atom is -0.298 e. The highest BCUT2D eigenvalue weighted by molar-refractivity contribution is 5.81. The molecule has 1 fully saturated rings. The van der Waals surface area contributed by atoms with Crippen LogP contribution in [0.15, 0.2) is 24.3 Å². The number of nitriles is 1. The van der Waals surface area contributed by atoms with Gasteiger partial charge >= 0.3 is 0 Å². The summed E-state index contributed by atoms with van der Waals surface area (Å²) < 4.78 is 0. The van der Waals surface area contributed by atoms with Gasteiger partial charge in [0.15, 0.2) is 0 Å². The van der Waals surface area contributed by atoms with Crippen LogP contribution in [-0.2, 0) is 11.3 Å². The predicted octanol–water partition coefficient (Wildman–Crippen LogP) is 1.72. The number of nitrogens with zero attached hydrogens (tertiary/aromatic N) is 2. The Morgan fingerprint density at radius 1 is 1.31 bits per heavy atom. The van der Waals surface area contributed by atoms with Crippen molar-refractivity contribution < 1.29 is 4.79 Å². The largest absolute Gasteiger partial charge is 0.298 e. The monoisotopic (exact) mass is 214 g/mol. The minimum atomic E-state index is 0.333. The Morgan fingerprint density at radius 2 is 2.06 bits per heavy atom. The van der Waals surface area contributed by atoms with E-state index in [1.54, 1.807) is 0 Å². The van der Waals surface area contributed by atoms with Crippen LogP contribution in [0.3, 0.4) is 0 Å². The number of ketones is 1. The van der Waals surface area contributed by atoms with Crippen LogP contribution in [0.5, 0.6) is 0 Å². The van der Waals surface area contributed by atoms with Crippen molar-refractivity contribution in [3.8, 4) is 6.07 Å². The average molecular weight is 214 g/mol. The molecular formula is C13H14N2O. The van der Waals surface area contributed by atoms with Crippen LogP contribution in [0.2, 0.25) is 0 Å². The summed E-state index contributed by atoms with van der Waals surface area (Å²) in [5, 5.41) is 8.68. The number of likely N-dealkylation sites (tertiary alicyclic amines) is 1. The maximum Gasteiger partial charge on any atom is 0.146 e. The van der Waals surface area contributed by atoms with Gasteiger partial charge in [-0.2, -0.15) is 5.26 Å². The van der Waals surface area contributed by atoms with Crippen LogP contribution in [-0.4, -0.2) is 23.8 Å². The molecule has 0 N–H and O–H groups in total. The van der Waals surface area contributed by atoms with Gasteiger partial charge in [0, 0.05) is 13.0 Å². The molecule has 16 heavy (non-hydrogen) atoms. The smallest absolute Gasteiger partial charge is 0.146 e. The summed E-state index contributed by atoms with van der Waals surface area (Å²) in [6, 6.07) is 9.65. The van der Waals surface area contributed by atoms with E-state index in [0.717, 1.165) is 31.5 Å². The van der Waals surface area contributed by atoms with E-state index in [0.29, 0.717) is 17.9 Å². The fraction of sp³-hybridized carbons (Fsp3) is 0.385. The number of carbonyl (C=O) groups is 1. The SMILES string of the molecule is N#Cc1ccc(CN2CCCC(=O)C2)cc1. The second kappa shape index (κ2) is 4.91. The first-order valence-electron chi connectivity index (χ1n) is 5.51. The lowest BCUT2D eigenvalue weighted by Crippen LogP contribution is -2.34. The van der Waals surface area contributed by atoms with Gasteiger partial charge in [0.1, 0.15) is 5.78 Å². The summed E-state index contributed by atoms with van der Waals surface area (Å²) in [4.78, 5) is 13.4. The molecule has 1 aromatic carbocycles. The third-order valence-electron chi connectivity index (χ3n) is 2.82. The van der Waals surface area contributed by atoms with Crippen LogP contribution in [0, 0.1) is 11.3 Å². The molecule has 2 rings (SSSR count). The van der Waals surface area contributed by atoms with E-state index < -0.39 is 0 Å². The van der Waals surface area contributed by atoms with Crippen molar-refractivity contribution in [1.29, 1.82) is 5.26 Å². The summed E-state index contributed by atoms with van der Waals surface area (Å²) in [5.41, 5.74) is 1.84. The maximum absolute atomic E-state index is 11.3. The Hall–Kier alpha value is -1.66. The number of hydrogen-bond acceptors (Lipinski definition) is 3. The topological polar surface area (TPSA) is 44.1 Å². The second-order valence-corrected chi connectivity index (χ2v) is 4.16. The van der Waals surface area contributed by atoms with E-state index in [4.69, 9.17) is 5.26 Å². The van der Waals surface area contributed by atoms with E-state index in [1.165, 1.54) is 0 Å². The fourth-order valence-electron chi connectivity index (χ4n) is 1.99. The first-order chi connectivity index (χ1) is 7.78. The van der Waals surface area contributed by atoms with E-state index in [2.05, 4.69) is 11.0 Å². The highest BCUT2D eigenvalue weighted by atomic mass is 16.1. The van der Waals surface area contributed by atoms with Crippen molar-refractivity contribution in [3.05, 3.63) is 35.4 Å². The van der Waals surface area contributed by atoms with Crippen molar-refractivity contribution >= 4 is 5.78 Å². The van der Waals surface area contributed by atoms with E-state index >= 15 is 0 Å². The minimum absolute atomic E-state index is 0.333. The molecule has 82 valence electrons. The van der Waals surface area contributed by atoms with Crippen molar-refractivity contribution in [2.75, 3.05) is 13.1 Å². The molecule has 3 nitrogen and oxygen atoms in total. The molecule has 0 aliphatic carbocycles. The lowest BCUT2D eigenvalue weighted by molar-refractivity contribution is -0.122. The van der Waals surface area contributed by atoms with Crippen LogP contribution < -0.4 is 0 Å². The van der Waals surface area contributed by atoms with E-state index in [9.17, 15) is 4.79 Å². The molecule has 0 aromatic heterocycles. The Bertz CT molecular complexity index is 417. The Kier molecular flexibility index (Phi) is 3.33. The number of carbonyl (C=O) groups excluding carboxylic acids is 1. The zero-order valence-electron chi connectivity index (χ0n) is 9.15. The molecule has 1 aliphatic heterocycles. The van der Waals surface area contributed by atoms with Gasteiger partial charge in [0.25, 0.3) is 0 Å². The van der Waals surface area contributed by atoms with Gasteiger partial charge in [-0.15, -0.1) is 0 Å². The van der Waals surface area contributed by atoms with Gasteiger partial charge in [-0.25, -0.2) is 0 Å². The van der Waals surface area contributed by atoms with Crippen LogP contribution in [0.4, 0.5) is 0 Å². The van der Waals surface area contributed by atoms with Gasteiger partial charge in [-0.1, -0.05) is 12.1 Å². The normalized spacial score (nSPS) is 17.1. The quantitative estimate of drug-likeness (QED) is 0.753. The third-order valence-corrected chi connectivity index (χ3v) is 2.82. The second-order valence-electron chi connectivity index (χ2n) is 4.16. The highest BCUT2D eigenvalue weighted by Gasteiger charge is 2.16. The summed E-state index contributed by atoms with van der Waals surface area (Å²) in [7, 11) is 0. The molecule has 1 aliphatic rings. The summed E-state index contributed by atoms with van der Waals surface area (Å²) in [5.74, 6) is 0.333. The maximum atomic E-state index is 11.3. The average Bonchev–Trinajstić information content (AvgIpc) is 2.30. The predicted molar refractivity (Wildman–Crippen MR) is 60.7 cm³/mol. The molecular weight excluding hydrogens is 200 g/mol. The van der Waals surface area contributed by atoms with Gasteiger partial charge in [0.2, 0.25) is 0 Å². The van der Waals surface area contributed by atoms with Gasteiger partial charge in [-0.3, -0.25) is 9.69 Å². The Morgan fingerprint density at radius 3 is 2.69 bits per heavy atom. The molecule has 0 unspecified atom stereocenters. The zero-order chi connectivity index (χ0) is 11.4. The molecule has 0 amide bonds. The van der Waals surface area contributed by atoms with Gasteiger partial charge in [-0.05, 0) is 30.7 Å². The molecule has 1 saturated heterocycles. The first kappa shape index (κ1) is 10.8. The third kappa shape index (κ3) is 2.68. The molecule has 0 atom stereocenters. The van der Waals surface area contributed by atoms with Crippen molar-refractivity contribution in [3.63, 3.8) is 0 Å². The molecule has 3 heteroatoms. The van der Waals surface area contributed by atoms with Crippen LogP contribution in [0.25, 0.3) is 0 Å². The van der Waals surface area contributed by atoms with E-state index in [1.807, 2.05) is 24.3 Å². The molecule has 0 radical (unpaired) electrons. The molecule has 0 spiro atoms. The molecule has 1 heterocycles. The van der Waals surface area contributed by atoms with Gasteiger partial charge < -0.3 is 0 Å². The van der Waals surface area contributed by atoms with Crippen molar-refractivity contribution in [2.45, 2.75) is 19.4 Å². The summed E-state index contributed by atoms with van der Waals surface area (Å²) in [6.45, 7) is 2.36. The molecule has 0 bridgehead atoms. The number of rotatable bonds is 2. The number of hydrogen-bond donors (Lipinski definition) is 0. The van der Waals surface area contributed by atoms with E-state index in [-0.39, 0.29) is 0 Å². The van der Waals surface area contributed by atoms with Gasteiger partial charge in [0.05, 0.1) is 18.2 Å².